The van der Waals surface area contributed by atoms with Gasteiger partial charge in [0.25, 0.3) is 0 Å². The van der Waals surface area contributed by atoms with Crippen LogP contribution in [-0.2, 0) is 16.4 Å². The van der Waals surface area contributed by atoms with Gasteiger partial charge in [-0.25, -0.2) is 8.42 Å². The van der Waals surface area contributed by atoms with E-state index in [0.717, 1.165) is 18.7 Å². The smallest absolute Gasteiger partial charge is 0.157 e. The number of hydrogen-bond acceptors (Lipinski definition) is 3. The van der Waals surface area contributed by atoms with E-state index in [4.69, 9.17) is 4.42 Å². The molecule has 1 aromatic rings. The van der Waals surface area contributed by atoms with E-state index in [0.29, 0.717) is 11.5 Å². The molecule has 1 aliphatic heterocycles. The monoisotopic (exact) mass is 251 g/mol. The molecule has 2 heterocycles. The van der Waals surface area contributed by atoms with Crippen molar-refractivity contribution in [3.8, 4) is 0 Å². The summed E-state index contributed by atoms with van der Waals surface area (Å²) in [5.74, 6) is 1.55. The normalized spacial score (nSPS) is 23.6. The van der Waals surface area contributed by atoms with Crippen molar-refractivity contribution >= 4 is 9.84 Å². The maximum Gasteiger partial charge on any atom is 0.157 e. The van der Waals surface area contributed by atoms with Crippen molar-refractivity contribution in [1.82, 2.24) is 0 Å². The van der Waals surface area contributed by atoms with E-state index >= 15 is 0 Å². The van der Waals surface area contributed by atoms with Crippen molar-refractivity contribution in [3.05, 3.63) is 24.2 Å². The van der Waals surface area contributed by atoms with Crippen molar-refractivity contribution in [2.24, 2.45) is 0 Å². The van der Waals surface area contributed by atoms with Crippen LogP contribution in [-0.4, -0.2) is 26.0 Å². The zero-order chi connectivity index (χ0) is 10.0. The lowest BCUT2D eigenvalue weighted by atomic mass is 10.2. The molecule has 4 nitrogen and oxygen atoms in total. The summed E-state index contributed by atoms with van der Waals surface area (Å²) in [6.45, 7) is 0.729. The SMILES string of the molecule is O=S1(=O)CCC([NH2+]Cc2ccco2)C1.[Cl-]. The number of nitrogens with two attached hydrogens (primary N) is 1. The Morgan fingerprint density at radius 3 is 2.87 bits per heavy atom. The summed E-state index contributed by atoms with van der Waals surface area (Å²) < 4.78 is 27.5. The second kappa shape index (κ2) is 5.01. The minimum absolute atomic E-state index is 0. The molecule has 1 fully saturated rings. The van der Waals surface area contributed by atoms with Crippen molar-refractivity contribution in [2.45, 2.75) is 19.0 Å². The minimum atomic E-state index is -2.75. The zero-order valence-electron chi connectivity index (χ0n) is 8.23. The number of sulfone groups is 1. The van der Waals surface area contributed by atoms with Gasteiger partial charge in [-0.1, -0.05) is 0 Å². The van der Waals surface area contributed by atoms with Crippen LogP contribution in [0.15, 0.2) is 22.8 Å². The van der Waals surface area contributed by atoms with Gasteiger partial charge in [-0.3, -0.25) is 0 Å². The molecule has 0 spiro atoms. The molecule has 0 aliphatic carbocycles. The average Bonchev–Trinajstić information content (AvgIpc) is 2.70. The Morgan fingerprint density at radius 1 is 1.53 bits per heavy atom. The van der Waals surface area contributed by atoms with Crippen LogP contribution in [0.3, 0.4) is 0 Å². The molecule has 0 radical (unpaired) electrons. The van der Waals surface area contributed by atoms with E-state index in [-0.39, 0.29) is 18.4 Å². The van der Waals surface area contributed by atoms with Crippen LogP contribution in [0.2, 0.25) is 0 Å². The quantitative estimate of drug-likeness (QED) is 0.607. The summed E-state index contributed by atoms with van der Waals surface area (Å²) in [5.41, 5.74) is 0. The first kappa shape index (κ1) is 12.5. The molecular weight excluding hydrogens is 238 g/mol. The first-order valence-electron chi connectivity index (χ1n) is 4.72. The second-order valence-electron chi connectivity index (χ2n) is 3.68. The number of rotatable bonds is 3. The topological polar surface area (TPSA) is 63.9 Å². The standard InChI is InChI=1S/C9H13NO3S.ClH/c11-14(12)5-3-8(7-14)10-6-9-2-1-4-13-9;/h1-2,4,8,10H,3,5-7H2;1H. The average molecular weight is 252 g/mol. The molecule has 2 N–H and O–H groups in total. The van der Waals surface area contributed by atoms with Gasteiger partial charge in [0.15, 0.2) is 15.6 Å². The van der Waals surface area contributed by atoms with Crippen molar-refractivity contribution < 1.29 is 30.6 Å². The highest BCUT2D eigenvalue weighted by atomic mass is 35.5. The number of quaternary nitrogens is 1. The molecule has 0 bridgehead atoms. The van der Waals surface area contributed by atoms with Gasteiger partial charge in [0, 0.05) is 6.42 Å². The molecule has 15 heavy (non-hydrogen) atoms. The van der Waals surface area contributed by atoms with E-state index in [2.05, 4.69) is 0 Å². The van der Waals surface area contributed by atoms with Gasteiger partial charge in [-0.15, -0.1) is 0 Å². The predicted octanol–water partition coefficient (Wildman–Crippen LogP) is -3.47. The Morgan fingerprint density at radius 2 is 2.33 bits per heavy atom. The first-order valence-corrected chi connectivity index (χ1v) is 6.54. The lowest BCUT2D eigenvalue weighted by molar-refractivity contribution is -0.701. The van der Waals surface area contributed by atoms with Crippen LogP contribution in [0.25, 0.3) is 0 Å². The number of furan rings is 1. The molecule has 1 atom stereocenters. The summed E-state index contributed by atoms with van der Waals surface area (Å²) in [6.07, 6.45) is 2.40. The second-order valence-corrected chi connectivity index (χ2v) is 5.91. The highest BCUT2D eigenvalue weighted by Gasteiger charge is 2.30. The summed E-state index contributed by atoms with van der Waals surface area (Å²) in [7, 11) is -2.75. The lowest BCUT2D eigenvalue weighted by Gasteiger charge is -2.04. The molecule has 1 saturated heterocycles. The third-order valence-electron chi connectivity index (χ3n) is 2.50. The zero-order valence-corrected chi connectivity index (χ0v) is 9.80. The Hall–Kier alpha value is -0.520. The molecule has 0 aromatic carbocycles. The minimum Gasteiger partial charge on any atom is -1.00 e. The van der Waals surface area contributed by atoms with Gasteiger partial charge < -0.3 is 22.1 Å². The van der Waals surface area contributed by atoms with Crippen LogP contribution in [0.5, 0.6) is 0 Å². The number of hydrogen-bond donors (Lipinski definition) is 1. The third-order valence-corrected chi connectivity index (χ3v) is 4.29. The Kier molecular flexibility index (Phi) is 4.19. The Labute approximate surface area is 95.4 Å². The van der Waals surface area contributed by atoms with Gasteiger partial charge >= 0.3 is 0 Å². The molecule has 2 rings (SSSR count). The molecular formula is C9H14ClNO3S. The van der Waals surface area contributed by atoms with Gasteiger partial charge in [-0.2, -0.15) is 0 Å². The first-order chi connectivity index (χ1) is 6.66. The van der Waals surface area contributed by atoms with Crippen LogP contribution in [0.4, 0.5) is 0 Å². The van der Waals surface area contributed by atoms with Crippen LogP contribution in [0.1, 0.15) is 12.2 Å². The summed E-state index contributed by atoms with van der Waals surface area (Å²) >= 11 is 0. The fourth-order valence-electron chi connectivity index (χ4n) is 1.72. The third kappa shape index (κ3) is 3.52. The molecule has 86 valence electrons. The van der Waals surface area contributed by atoms with E-state index in [1.165, 1.54) is 0 Å². The van der Waals surface area contributed by atoms with Crippen molar-refractivity contribution in [1.29, 1.82) is 0 Å². The lowest BCUT2D eigenvalue weighted by Crippen LogP contribution is -3.00. The molecule has 0 saturated carbocycles. The summed E-state index contributed by atoms with van der Waals surface area (Å²) in [6, 6.07) is 3.96. The largest absolute Gasteiger partial charge is 1.00 e. The van der Waals surface area contributed by atoms with E-state index in [1.54, 1.807) is 6.26 Å². The molecule has 6 heteroatoms. The molecule has 0 amide bonds. The van der Waals surface area contributed by atoms with Gasteiger partial charge in [0.1, 0.15) is 18.3 Å². The Balaban J connectivity index is 0.00000112. The fraction of sp³-hybridized carbons (Fsp3) is 0.556. The van der Waals surface area contributed by atoms with E-state index in [1.807, 2.05) is 17.4 Å². The maximum absolute atomic E-state index is 11.2. The molecule has 1 unspecified atom stereocenters. The van der Waals surface area contributed by atoms with E-state index in [9.17, 15) is 8.42 Å². The van der Waals surface area contributed by atoms with Crippen LogP contribution in [0, 0.1) is 0 Å². The van der Waals surface area contributed by atoms with Crippen molar-refractivity contribution in [2.75, 3.05) is 11.5 Å². The van der Waals surface area contributed by atoms with Gasteiger partial charge in [-0.05, 0) is 12.1 Å². The van der Waals surface area contributed by atoms with Crippen LogP contribution >= 0.6 is 0 Å². The van der Waals surface area contributed by atoms with Crippen LogP contribution < -0.4 is 17.7 Å². The number of halogens is 1. The highest BCUT2D eigenvalue weighted by molar-refractivity contribution is 7.91. The van der Waals surface area contributed by atoms with Gasteiger partial charge in [0.2, 0.25) is 0 Å². The predicted molar refractivity (Wildman–Crippen MR) is 51.4 cm³/mol. The highest BCUT2D eigenvalue weighted by Crippen LogP contribution is 2.08. The van der Waals surface area contributed by atoms with Crippen molar-refractivity contribution in [3.63, 3.8) is 0 Å². The Bertz CT molecular complexity index is 387. The van der Waals surface area contributed by atoms with E-state index < -0.39 is 9.84 Å². The molecule has 1 aromatic heterocycles. The van der Waals surface area contributed by atoms with Gasteiger partial charge in [0.05, 0.1) is 12.0 Å². The summed E-state index contributed by atoms with van der Waals surface area (Å²) in [5, 5.41) is 2.05. The fourth-order valence-corrected chi connectivity index (χ4v) is 3.50. The molecule has 1 aliphatic rings. The summed E-state index contributed by atoms with van der Waals surface area (Å²) in [4.78, 5) is 0. The maximum atomic E-state index is 11.2.